The van der Waals surface area contributed by atoms with Crippen molar-refractivity contribution in [2.75, 3.05) is 31.1 Å². The molecule has 2 fully saturated rings. The smallest absolute Gasteiger partial charge is 0.263 e. The van der Waals surface area contributed by atoms with E-state index in [1.807, 2.05) is 26.0 Å². The van der Waals surface area contributed by atoms with Crippen molar-refractivity contribution in [1.29, 1.82) is 0 Å². The van der Waals surface area contributed by atoms with E-state index in [9.17, 15) is 18.8 Å². The van der Waals surface area contributed by atoms with Crippen LogP contribution in [-0.2, 0) is 16.0 Å². The van der Waals surface area contributed by atoms with Gasteiger partial charge in [0.15, 0.2) is 0 Å². The highest BCUT2D eigenvalue weighted by atomic mass is 19.1. The molecule has 7 nitrogen and oxygen atoms in total. The fourth-order valence-electron chi connectivity index (χ4n) is 5.88. The van der Waals surface area contributed by atoms with Gasteiger partial charge in [-0.25, -0.2) is 4.39 Å². The van der Waals surface area contributed by atoms with Crippen LogP contribution in [0.25, 0.3) is 0 Å². The Bertz CT molecular complexity index is 1210. The molecule has 3 heterocycles. The number of imide groups is 1. The van der Waals surface area contributed by atoms with E-state index in [0.29, 0.717) is 67.9 Å². The molecule has 1 N–H and O–H groups in total. The predicted molar refractivity (Wildman–Crippen MR) is 138 cm³/mol. The molecule has 196 valence electrons. The van der Waals surface area contributed by atoms with Crippen molar-refractivity contribution in [3.63, 3.8) is 0 Å². The number of piperidine rings is 1. The second kappa shape index (κ2) is 10.2. The van der Waals surface area contributed by atoms with Crippen molar-refractivity contribution in [3.8, 4) is 0 Å². The van der Waals surface area contributed by atoms with Crippen LogP contribution in [0.15, 0.2) is 42.5 Å². The van der Waals surface area contributed by atoms with Crippen molar-refractivity contribution in [1.82, 2.24) is 10.2 Å². The van der Waals surface area contributed by atoms with Crippen LogP contribution in [0.2, 0.25) is 0 Å². The Morgan fingerprint density at radius 3 is 2.70 bits per heavy atom. The third-order valence-electron chi connectivity index (χ3n) is 7.74. The number of carbonyl (C=O) groups excluding carboxylic acids is 3. The lowest BCUT2D eigenvalue weighted by Gasteiger charge is -2.39. The van der Waals surface area contributed by atoms with E-state index < -0.39 is 0 Å². The molecule has 3 amide bonds. The average Bonchev–Trinajstić information content (AvgIpc) is 3.14. The van der Waals surface area contributed by atoms with E-state index >= 15 is 0 Å². The highest BCUT2D eigenvalue weighted by Crippen LogP contribution is 2.38. The largest absolute Gasteiger partial charge is 0.375 e. The number of hydrogen-bond acceptors (Lipinski definition) is 5. The van der Waals surface area contributed by atoms with Crippen molar-refractivity contribution >= 4 is 23.4 Å². The minimum Gasteiger partial charge on any atom is -0.375 e. The van der Waals surface area contributed by atoms with Crippen molar-refractivity contribution in [3.05, 3.63) is 65.0 Å². The molecule has 0 aromatic heterocycles. The number of amides is 3. The summed E-state index contributed by atoms with van der Waals surface area (Å²) in [5.41, 5.74) is 1.78. The Morgan fingerprint density at radius 1 is 1.11 bits per heavy atom. The first-order valence-corrected chi connectivity index (χ1v) is 13.2. The maximum absolute atomic E-state index is 13.9. The molecule has 0 saturated carbocycles. The molecular weight excluding hydrogens is 473 g/mol. The number of nitrogens with one attached hydrogen (secondary N) is 1. The van der Waals surface area contributed by atoms with Gasteiger partial charge in [-0.1, -0.05) is 24.3 Å². The monoisotopic (exact) mass is 507 g/mol. The number of nitrogens with zero attached hydrogens (tertiary/aromatic N) is 2. The van der Waals surface area contributed by atoms with Crippen LogP contribution >= 0.6 is 0 Å². The summed E-state index contributed by atoms with van der Waals surface area (Å²) in [4.78, 5) is 43.4. The van der Waals surface area contributed by atoms with Crippen molar-refractivity contribution in [2.24, 2.45) is 5.92 Å². The normalized spacial score (nSPS) is 23.2. The molecule has 8 heteroatoms. The third kappa shape index (κ3) is 5.12. The van der Waals surface area contributed by atoms with Crippen LogP contribution in [0, 0.1) is 11.7 Å². The van der Waals surface area contributed by atoms with Gasteiger partial charge in [0.25, 0.3) is 11.8 Å². The van der Waals surface area contributed by atoms with Crippen LogP contribution in [0.1, 0.15) is 65.8 Å². The minimum absolute atomic E-state index is 0.0675. The zero-order chi connectivity index (χ0) is 26.2. The van der Waals surface area contributed by atoms with E-state index in [4.69, 9.17) is 4.74 Å². The van der Waals surface area contributed by atoms with Gasteiger partial charge in [-0.15, -0.1) is 0 Å². The second-order valence-electron chi connectivity index (χ2n) is 10.9. The van der Waals surface area contributed by atoms with Gasteiger partial charge in [-0.05, 0) is 69.7 Å². The Labute approximate surface area is 217 Å². The maximum atomic E-state index is 13.9. The summed E-state index contributed by atoms with van der Waals surface area (Å²) in [6, 6.07) is 11.8. The van der Waals surface area contributed by atoms with Gasteiger partial charge < -0.3 is 15.0 Å². The highest BCUT2D eigenvalue weighted by molar-refractivity contribution is 6.24. The van der Waals surface area contributed by atoms with Gasteiger partial charge in [0.05, 0.1) is 28.3 Å². The lowest BCUT2D eigenvalue weighted by molar-refractivity contribution is -0.125. The Morgan fingerprint density at radius 2 is 1.92 bits per heavy atom. The Balaban J connectivity index is 1.28. The fourth-order valence-corrected chi connectivity index (χ4v) is 5.88. The maximum Gasteiger partial charge on any atom is 0.263 e. The number of carbonyl (C=O) groups is 3. The van der Waals surface area contributed by atoms with Gasteiger partial charge in [-0.3, -0.25) is 19.3 Å². The average molecular weight is 508 g/mol. The molecule has 2 saturated heterocycles. The molecule has 0 spiro atoms. The van der Waals surface area contributed by atoms with Gasteiger partial charge in [0, 0.05) is 32.3 Å². The third-order valence-corrected chi connectivity index (χ3v) is 7.74. The zero-order valence-electron chi connectivity index (χ0n) is 21.5. The molecular formula is C29H34FN3O4. The van der Waals surface area contributed by atoms with Gasteiger partial charge >= 0.3 is 0 Å². The second-order valence-corrected chi connectivity index (χ2v) is 10.9. The number of ether oxygens (including phenoxy) is 1. The summed E-state index contributed by atoms with van der Waals surface area (Å²) in [7, 11) is 0. The van der Waals surface area contributed by atoms with Crippen LogP contribution in [-0.4, -0.2) is 60.5 Å². The summed E-state index contributed by atoms with van der Waals surface area (Å²) in [5, 5.41) is 2.95. The van der Waals surface area contributed by atoms with Gasteiger partial charge in [-0.2, -0.15) is 0 Å². The van der Waals surface area contributed by atoms with Crippen LogP contribution in [0.3, 0.4) is 0 Å². The predicted octanol–water partition coefficient (Wildman–Crippen LogP) is 3.95. The van der Waals surface area contributed by atoms with Gasteiger partial charge in [0.1, 0.15) is 5.82 Å². The molecule has 5 rings (SSSR count). The summed E-state index contributed by atoms with van der Waals surface area (Å²) >= 11 is 0. The first kappa shape index (κ1) is 25.4. The fraction of sp³-hybridized carbons (Fsp3) is 0.483. The van der Waals surface area contributed by atoms with Crippen LogP contribution in [0.5, 0.6) is 0 Å². The molecule has 3 aliphatic rings. The Hall–Kier alpha value is -3.26. The van der Waals surface area contributed by atoms with E-state index in [-0.39, 0.29) is 41.1 Å². The number of rotatable bonds is 6. The molecule has 2 atom stereocenters. The lowest BCUT2D eigenvalue weighted by atomic mass is 9.93. The summed E-state index contributed by atoms with van der Waals surface area (Å²) in [6.45, 7) is 6.02. The molecule has 2 aromatic rings. The summed E-state index contributed by atoms with van der Waals surface area (Å²) < 4.78 is 19.7. The van der Waals surface area contributed by atoms with Crippen molar-refractivity contribution < 1.29 is 23.5 Å². The van der Waals surface area contributed by atoms with E-state index in [1.165, 1.54) is 11.0 Å². The van der Waals surface area contributed by atoms with E-state index in [2.05, 4.69) is 10.2 Å². The SMILES string of the molecule is CC1(C)C[C@H](N2C(=O)c3cccc(N4CCC[C@@H](C(=O)NCCc5ccccc5F)C4)c3C2=O)CCO1. The summed E-state index contributed by atoms with van der Waals surface area (Å²) in [5.74, 6) is -1.08. The standard InChI is InChI=1S/C29H34FN3O4/c1-29(2)17-21(13-16-37-29)33-27(35)22-9-5-11-24(25(22)28(33)36)32-15-6-8-20(18-32)26(34)31-14-12-19-7-3-4-10-23(19)30/h3-5,7,9-11,20-21H,6,8,12-18H2,1-2H3,(H,31,34)/t20-,21-/m1/s1. The number of halogens is 1. The van der Waals surface area contributed by atoms with Gasteiger partial charge in [0.2, 0.25) is 5.91 Å². The molecule has 2 aromatic carbocycles. The zero-order valence-corrected chi connectivity index (χ0v) is 21.5. The number of fused-ring (bicyclic) bond motifs is 1. The van der Waals surface area contributed by atoms with Crippen molar-refractivity contribution in [2.45, 2.75) is 57.6 Å². The van der Waals surface area contributed by atoms with Crippen LogP contribution in [0.4, 0.5) is 10.1 Å². The first-order valence-electron chi connectivity index (χ1n) is 13.2. The number of benzene rings is 2. The molecule has 37 heavy (non-hydrogen) atoms. The summed E-state index contributed by atoms with van der Waals surface area (Å²) in [6.07, 6.45) is 3.20. The number of hydrogen-bond donors (Lipinski definition) is 1. The Kier molecular flexibility index (Phi) is 7.03. The molecule has 0 bridgehead atoms. The molecule has 0 unspecified atom stereocenters. The highest BCUT2D eigenvalue weighted by Gasteiger charge is 2.45. The quantitative estimate of drug-likeness (QED) is 0.599. The minimum atomic E-state index is -0.388. The lowest BCUT2D eigenvalue weighted by Crippen LogP contribution is -2.48. The number of anilines is 1. The van der Waals surface area contributed by atoms with E-state index in [0.717, 1.165) is 12.8 Å². The first-order chi connectivity index (χ1) is 17.7. The molecule has 0 aliphatic carbocycles. The van der Waals surface area contributed by atoms with Crippen LogP contribution < -0.4 is 10.2 Å². The topological polar surface area (TPSA) is 79.0 Å². The van der Waals surface area contributed by atoms with E-state index in [1.54, 1.807) is 24.3 Å². The molecule has 3 aliphatic heterocycles. The molecule has 0 radical (unpaired) electrons.